The highest BCUT2D eigenvalue weighted by Crippen LogP contribution is 2.15. The molecule has 0 N–H and O–H groups in total. The van der Waals surface area contributed by atoms with Crippen molar-refractivity contribution in [3.05, 3.63) is 59.7 Å². The smallest absolute Gasteiger partial charge is 0.337 e. The number of methoxy groups -OCH3 is 1. The Balaban J connectivity index is 1.80. The Hall–Kier alpha value is -2.82. The number of ether oxygens (including phenoxy) is 3. The molecule has 24 heavy (non-hydrogen) atoms. The van der Waals surface area contributed by atoms with Crippen molar-refractivity contribution in [3.8, 4) is 11.5 Å². The predicted molar refractivity (Wildman–Crippen MR) is 89.8 cm³/mol. The number of hydrogen-bond acceptors (Lipinski definition) is 5. The van der Waals surface area contributed by atoms with E-state index < -0.39 is 5.97 Å². The maximum Gasteiger partial charge on any atom is 0.337 e. The lowest BCUT2D eigenvalue weighted by atomic mass is 10.1. The number of esters is 1. The Morgan fingerprint density at radius 1 is 0.875 bits per heavy atom. The molecule has 126 valence electrons. The molecule has 0 aliphatic rings. The Morgan fingerprint density at radius 2 is 1.54 bits per heavy atom. The van der Waals surface area contributed by atoms with Gasteiger partial charge in [0.25, 0.3) is 0 Å². The van der Waals surface area contributed by atoms with Crippen LogP contribution in [0.2, 0.25) is 0 Å². The van der Waals surface area contributed by atoms with Crippen molar-refractivity contribution >= 4 is 11.8 Å². The summed E-state index contributed by atoms with van der Waals surface area (Å²) in [6, 6.07) is 13.8. The third-order valence-corrected chi connectivity index (χ3v) is 3.37. The number of ketones is 1. The summed E-state index contributed by atoms with van der Waals surface area (Å²) in [6.07, 6.45) is 0.485. The minimum absolute atomic E-state index is 0.107. The molecular formula is C19H20O5. The van der Waals surface area contributed by atoms with Gasteiger partial charge in [0.2, 0.25) is 0 Å². The van der Waals surface area contributed by atoms with Gasteiger partial charge in [-0.05, 0) is 42.5 Å². The third-order valence-electron chi connectivity index (χ3n) is 3.37. The molecule has 0 heterocycles. The first kappa shape index (κ1) is 17.5. The normalized spacial score (nSPS) is 10.1. The number of Topliss-reactive ketones (excluding diaryl/α,β-unsaturated/α-hetero) is 1. The molecule has 2 aromatic carbocycles. The van der Waals surface area contributed by atoms with Crippen LogP contribution in [0.15, 0.2) is 48.5 Å². The maximum atomic E-state index is 11.5. The van der Waals surface area contributed by atoms with E-state index in [0.717, 1.165) is 0 Å². The fourth-order valence-electron chi connectivity index (χ4n) is 2.09. The van der Waals surface area contributed by atoms with Gasteiger partial charge < -0.3 is 14.2 Å². The lowest BCUT2D eigenvalue weighted by Gasteiger charge is -2.09. The van der Waals surface area contributed by atoms with E-state index in [0.29, 0.717) is 42.3 Å². The molecule has 0 atom stereocenters. The highest BCUT2D eigenvalue weighted by Gasteiger charge is 2.06. The van der Waals surface area contributed by atoms with Crippen LogP contribution in [0.25, 0.3) is 0 Å². The van der Waals surface area contributed by atoms with E-state index >= 15 is 0 Å². The molecule has 2 rings (SSSR count). The summed E-state index contributed by atoms with van der Waals surface area (Å²) in [4.78, 5) is 23.0. The van der Waals surface area contributed by atoms with Crippen LogP contribution < -0.4 is 9.47 Å². The summed E-state index contributed by atoms with van der Waals surface area (Å²) < 4.78 is 15.8. The number of hydrogen-bond donors (Lipinski definition) is 0. The first-order valence-electron chi connectivity index (χ1n) is 7.71. The standard InChI is InChI=1S/C19H20O5/c1-3-18(20)14-7-9-16(10-8-14)23-11-12-24-17-6-4-5-15(13-17)19(21)22-2/h4-10,13H,3,11-12H2,1-2H3. The molecular weight excluding hydrogens is 308 g/mol. The summed E-state index contributed by atoms with van der Waals surface area (Å²) in [5, 5.41) is 0. The first-order chi connectivity index (χ1) is 11.6. The largest absolute Gasteiger partial charge is 0.490 e. The highest BCUT2D eigenvalue weighted by molar-refractivity contribution is 5.95. The van der Waals surface area contributed by atoms with Crippen molar-refractivity contribution in [2.24, 2.45) is 0 Å². The fraction of sp³-hybridized carbons (Fsp3) is 0.263. The second kappa shape index (κ2) is 8.72. The Bertz CT molecular complexity index is 691. The number of carbonyl (C=O) groups excluding carboxylic acids is 2. The van der Waals surface area contributed by atoms with E-state index in [2.05, 4.69) is 4.74 Å². The average Bonchev–Trinajstić information content (AvgIpc) is 2.64. The summed E-state index contributed by atoms with van der Waals surface area (Å²) in [7, 11) is 1.34. The van der Waals surface area contributed by atoms with E-state index in [9.17, 15) is 9.59 Å². The van der Waals surface area contributed by atoms with Crippen LogP contribution in [0.3, 0.4) is 0 Å². The second-order valence-electron chi connectivity index (χ2n) is 5.02. The summed E-state index contributed by atoms with van der Waals surface area (Å²) in [6.45, 7) is 2.52. The van der Waals surface area contributed by atoms with Crippen molar-refractivity contribution in [1.82, 2.24) is 0 Å². The molecule has 0 saturated carbocycles. The van der Waals surface area contributed by atoms with Crippen LogP contribution in [0.1, 0.15) is 34.1 Å². The van der Waals surface area contributed by atoms with Gasteiger partial charge in [-0.2, -0.15) is 0 Å². The zero-order valence-corrected chi connectivity index (χ0v) is 13.8. The predicted octanol–water partition coefficient (Wildman–Crippen LogP) is 3.52. The molecule has 0 spiro atoms. The van der Waals surface area contributed by atoms with E-state index in [1.165, 1.54) is 7.11 Å². The van der Waals surface area contributed by atoms with Gasteiger partial charge in [0, 0.05) is 12.0 Å². The third kappa shape index (κ3) is 4.84. The quantitative estimate of drug-likeness (QED) is 0.421. The molecule has 0 amide bonds. The number of benzene rings is 2. The van der Waals surface area contributed by atoms with Gasteiger partial charge in [0.1, 0.15) is 24.7 Å². The van der Waals surface area contributed by atoms with E-state index in [-0.39, 0.29) is 5.78 Å². The lowest BCUT2D eigenvalue weighted by Crippen LogP contribution is -2.09. The molecule has 0 unspecified atom stereocenters. The zero-order valence-electron chi connectivity index (χ0n) is 13.8. The zero-order chi connectivity index (χ0) is 17.4. The molecule has 0 bridgehead atoms. The van der Waals surface area contributed by atoms with Crippen LogP contribution >= 0.6 is 0 Å². The van der Waals surface area contributed by atoms with E-state index in [4.69, 9.17) is 9.47 Å². The van der Waals surface area contributed by atoms with Gasteiger partial charge in [0.15, 0.2) is 5.78 Å². The minimum Gasteiger partial charge on any atom is -0.490 e. The van der Waals surface area contributed by atoms with E-state index in [1.807, 2.05) is 6.92 Å². The molecule has 5 nitrogen and oxygen atoms in total. The monoisotopic (exact) mass is 328 g/mol. The molecule has 0 saturated heterocycles. The van der Waals surface area contributed by atoms with Crippen molar-refractivity contribution < 1.29 is 23.8 Å². The molecule has 0 aromatic heterocycles. The molecule has 0 aliphatic carbocycles. The molecule has 2 aromatic rings. The average molecular weight is 328 g/mol. The topological polar surface area (TPSA) is 61.8 Å². The maximum absolute atomic E-state index is 11.5. The number of carbonyl (C=O) groups is 2. The summed E-state index contributed by atoms with van der Waals surface area (Å²) in [5.41, 5.74) is 1.12. The fourth-order valence-corrected chi connectivity index (χ4v) is 2.09. The molecule has 0 aliphatic heterocycles. The minimum atomic E-state index is -0.404. The number of rotatable bonds is 8. The van der Waals surface area contributed by atoms with Crippen LogP contribution in [-0.4, -0.2) is 32.1 Å². The van der Waals surface area contributed by atoms with E-state index in [1.54, 1.807) is 48.5 Å². The van der Waals surface area contributed by atoms with Crippen LogP contribution in [0, 0.1) is 0 Å². The molecule has 0 fully saturated rings. The van der Waals surface area contributed by atoms with Gasteiger partial charge in [-0.15, -0.1) is 0 Å². The lowest BCUT2D eigenvalue weighted by molar-refractivity contribution is 0.0600. The van der Waals surface area contributed by atoms with Crippen molar-refractivity contribution in [1.29, 1.82) is 0 Å². The van der Waals surface area contributed by atoms with Gasteiger partial charge in [-0.1, -0.05) is 13.0 Å². The van der Waals surface area contributed by atoms with Crippen molar-refractivity contribution in [3.63, 3.8) is 0 Å². The van der Waals surface area contributed by atoms with Crippen LogP contribution in [0.4, 0.5) is 0 Å². The van der Waals surface area contributed by atoms with Crippen molar-refractivity contribution in [2.45, 2.75) is 13.3 Å². The SMILES string of the molecule is CCC(=O)c1ccc(OCCOc2cccc(C(=O)OC)c2)cc1. The Labute approximate surface area is 141 Å². The van der Waals surface area contributed by atoms with Crippen LogP contribution in [-0.2, 0) is 4.74 Å². The van der Waals surface area contributed by atoms with Gasteiger partial charge in [0.05, 0.1) is 12.7 Å². The van der Waals surface area contributed by atoms with Gasteiger partial charge in [-0.3, -0.25) is 4.79 Å². The molecule has 0 radical (unpaired) electrons. The van der Waals surface area contributed by atoms with Gasteiger partial charge >= 0.3 is 5.97 Å². The van der Waals surface area contributed by atoms with Crippen LogP contribution in [0.5, 0.6) is 11.5 Å². The highest BCUT2D eigenvalue weighted by atomic mass is 16.5. The second-order valence-corrected chi connectivity index (χ2v) is 5.02. The Kier molecular flexibility index (Phi) is 6.37. The summed E-state index contributed by atoms with van der Waals surface area (Å²) >= 11 is 0. The first-order valence-corrected chi connectivity index (χ1v) is 7.71. The summed E-state index contributed by atoms with van der Waals surface area (Å²) in [5.74, 6) is 0.953. The van der Waals surface area contributed by atoms with Gasteiger partial charge in [-0.25, -0.2) is 4.79 Å². The molecule has 5 heteroatoms. The Morgan fingerprint density at radius 3 is 2.17 bits per heavy atom. The van der Waals surface area contributed by atoms with Crippen molar-refractivity contribution in [2.75, 3.05) is 20.3 Å².